The number of hydrogen-bond acceptors (Lipinski definition) is 3. The number of aliphatic carboxylic acids is 1. The Kier molecular flexibility index (Phi) is 4.28. The third kappa shape index (κ3) is 3.55. The van der Waals surface area contributed by atoms with Crippen LogP contribution >= 0.6 is 0 Å². The Morgan fingerprint density at radius 3 is 2.26 bits per heavy atom. The molecule has 1 aromatic rings. The van der Waals surface area contributed by atoms with Gasteiger partial charge in [0.2, 0.25) is 5.91 Å². The third-order valence-corrected chi connectivity index (χ3v) is 2.92. The number of carboxylic acids is 1. The van der Waals surface area contributed by atoms with Gasteiger partial charge in [-0.05, 0) is 38.5 Å². The molecule has 100 valence electrons. The molecule has 1 unspecified atom stereocenters. The number of nitrogens with zero attached hydrogens (tertiary/aromatic N) is 1. The van der Waals surface area contributed by atoms with E-state index in [0.717, 1.165) is 5.56 Å². The molecule has 0 saturated carbocycles. The van der Waals surface area contributed by atoms with Crippen molar-refractivity contribution in [3.8, 4) is 6.07 Å². The Bertz CT molecular complexity index is 527. The second-order valence-corrected chi connectivity index (χ2v) is 4.86. The van der Waals surface area contributed by atoms with Crippen LogP contribution < -0.4 is 5.32 Å². The van der Waals surface area contributed by atoms with Crippen LogP contribution in [0.25, 0.3) is 0 Å². The molecule has 0 aliphatic carbocycles. The summed E-state index contributed by atoms with van der Waals surface area (Å²) in [6, 6.07) is 8.97. The summed E-state index contributed by atoms with van der Waals surface area (Å²) < 4.78 is 0. The summed E-state index contributed by atoms with van der Waals surface area (Å²) in [5.41, 5.74) is 0.742. The van der Waals surface area contributed by atoms with E-state index in [1.807, 2.05) is 0 Å². The number of nitriles is 1. The molecule has 19 heavy (non-hydrogen) atoms. The lowest BCUT2D eigenvalue weighted by Crippen LogP contribution is -2.26. The van der Waals surface area contributed by atoms with Gasteiger partial charge in [-0.3, -0.25) is 9.59 Å². The number of anilines is 1. The van der Waals surface area contributed by atoms with Gasteiger partial charge in [-0.2, -0.15) is 5.26 Å². The Balaban J connectivity index is 2.82. The monoisotopic (exact) mass is 260 g/mol. The maximum atomic E-state index is 11.5. The SMILES string of the molecule is CC(C(=O)O)C(=O)Nc1ccc(C(C)(C)C#N)cc1. The number of rotatable bonds is 4. The lowest BCUT2D eigenvalue weighted by atomic mass is 9.86. The van der Waals surface area contributed by atoms with Gasteiger partial charge in [-0.1, -0.05) is 12.1 Å². The molecule has 1 aromatic carbocycles. The first-order valence-electron chi connectivity index (χ1n) is 5.83. The zero-order valence-corrected chi connectivity index (χ0v) is 11.1. The molecule has 0 aromatic heterocycles. The number of hydrogen-bond donors (Lipinski definition) is 2. The number of nitrogens with one attached hydrogen (secondary N) is 1. The minimum Gasteiger partial charge on any atom is -0.481 e. The highest BCUT2D eigenvalue weighted by molar-refractivity contribution is 6.03. The summed E-state index contributed by atoms with van der Waals surface area (Å²) in [7, 11) is 0. The predicted molar refractivity (Wildman–Crippen MR) is 70.5 cm³/mol. The lowest BCUT2D eigenvalue weighted by Gasteiger charge is -2.16. The number of carbonyl (C=O) groups excluding carboxylic acids is 1. The summed E-state index contributed by atoms with van der Waals surface area (Å²) in [4.78, 5) is 22.2. The fourth-order valence-electron chi connectivity index (χ4n) is 1.40. The zero-order valence-electron chi connectivity index (χ0n) is 11.1. The predicted octanol–water partition coefficient (Wildman–Crippen LogP) is 2.15. The quantitative estimate of drug-likeness (QED) is 0.811. The van der Waals surface area contributed by atoms with Gasteiger partial charge < -0.3 is 10.4 Å². The van der Waals surface area contributed by atoms with Crippen molar-refractivity contribution >= 4 is 17.6 Å². The van der Waals surface area contributed by atoms with E-state index in [-0.39, 0.29) is 0 Å². The van der Waals surface area contributed by atoms with Crippen molar-refractivity contribution in [3.63, 3.8) is 0 Å². The first-order chi connectivity index (χ1) is 8.77. The maximum Gasteiger partial charge on any atom is 0.315 e. The van der Waals surface area contributed by atoms with Gasteiger partial charge >= 0.3 is 5.97 Å². The highest BCUT2D eigenvalue weighted by Crippen LogP contribution is 2.23. The van der Waals surface area contributed by atoms with Crippen molar-refractivity contribution in [3.05, 3.63) is 29.8 Å². The van der Waals surface area contributed by atoms with Crippen LogP contribution in [0, 0.1) is 17.2 Å². The Labute approximate surface area is 111 Å². The average molecular weight is 260 g/mol. The Morgan fingerprint density at radius 1 is 1.32 bits per heavy atom. The second-order valence-electron chi connectivity index (χ2n) is 4.86. The van der Waals surface area contributed by atoms with Gasteiger partial charge in [0.25, 0.3) is 0 Å². The van der Waals surface area contributed by atoms with Gasteiger partial charge in [0, 0.05) is 5.69 Å². The van der Waals surface area contributed by atoms with Gasteiger partial charge in [0.1, 0.15) is 5.92 Å². The summed E-state index contributed by atoms with van der Waals surface area (Å²) in [6.07, 6.45) is 0. The fourth-order valence-corrected chi connectivity index (χ4v) is 1.40. The summed E-state index contributed by atoms with van der Waals surface area (Å²) in [5.74, 6) is -2.84. The van der Waals surface area contributed by atoms with E-state index in [9.17, 15) is 9.59 Å². The first-order valence-corrected chi connectivity index (χ1v) is 5.83. The molecule has 0 radical (unpaired) electrons. The minimum atomic E-state index is -1.17. The van der Waals surface area contributed by atoms with E-state index in [4.69, 9.17) is 10.4 Å². The second kappa shape index (κ2) is 5.53. The molecule has 0 heterocycles. The van der Waals surface area contributed by atoms with Gasteiger partial charge in [-0.15, -0.1) is 0 Å². The van der Waals surface area contributed by atoms with Crippen molar-refractivity contribution in [2.75, 3.05) is 5.32 Å². The van der Waals surface area contributed by atoms with E-state index in [1.54, 1.807) is 38.1 Å². The largest absolute Gasteiger partial charge is 0.481 e. The zero-order chi connectivity index (χ0) is 14.6. The van der Waals surface area contributed by atoms with Gasteiger partial charge in [0.15, 0.2) is 0 Å². The molecule has 5 nitrogen and oxygen atoms in total. The molecule has 0 saturated heterocycles. The number of amides is 1. The molecular formula is C14H16N2O3. The number of carbonyl (C=O) groups is 2. The van der Waals surface area contributed by atoms with E-state index < -0.39 is 23.2 Å². The highest BCUT2D eigenvalue weighted by Gasteiger charge is 2.21. The number of benzene rings is 1. The first kappa shape index (κ1) is 14.7. The molecular weight excluding hydrogens is 244 g/mol. The van der Waals surface area contributed by atoms with E-state index in [0.29, 0.717) is 5.69 Å². The van der Waals surface area contributed by atoms with Crippen molar-refractivity contribution < 1.29 is 14.7 Å². The topological polar surface area (TPSA) is 90.2 Å². The van der Waals surface area contributed by atoms with Crippen molar-refractivity contribution in [1.82, 2.24) is 0 Å². The minimum absolute atomic E-state index is 0.510. The standard InChI is InChI=1S/C14H16N2O3/c1-9(13(18)19)12(17)16-11-6-4-10(5-7-11)14(2,3)8-15/h4-7,9H,1-3H3,(H,16,17)(H,18,19). The number of carboxylic acid groups (broad SMARTS) is 1. The molecule has 2 N–H and O–H groups in total. The maximum absolute atomic E-state index is 11.5. The average Bonchev–Trinajstić information content (AvgIpc) is 2.38. The molecule has 1 amide bonds. The molecule has 1 rings (SSSR count). The Morgan fingerprint density at radius 2 is 1.84 bits per heavy atom. The van der Waals surface area contributed by atoms with E-state index in [2.05, 4.69) is 11.4 Å². The van der Waals surface area contributed by atoms with Crippen LogP contribution in [0.2, 0.25) is 0 Å². The van der Waals surface area contributed by atoms with Crippen LogP contribution in [-0.2, 0) is 15.0 Å². The van der Waals surface area contributed by atoms with Crippen LogP contribution in [-0.4, -0.2) is 17.0 Å². The van der Waals surface area contributed by atoms with Crippen LogP contribution in [0.3, 0.4) is 0 Å². The smallest absolute Gasteiger partial charge is 0.315 e. The van der Waals surface area contributed by atoms with Crippen LogP contribution in [0.1, 0.15) is 26.3 Å². The van der Waals surface area contributed by atoms with Crippen LogP contribution in [0.4, 0.5) is 5.69 Å². The van der Waals surface area contributed by atoms with E-state index >= 15 is 0 Å². The lowest BCUT2D eigenvalue weighted by molar-refractivity contribution is -0.144. The molecule has 0 aliphatic rings. The molecule has 0 spiro atoms. The molecule has 1 atom stereocenters. The Hall–Kier alpha value is -2.35. The molecule has 0 bridgehead atoms. The van der Waals surface area contributed by atoms with Gasteiger partial charge in [0.05, 0.1) is 11.5 Å². The van der Waals surface area contributed by atoms with Crippen molar-refractivity contribution in [1.29, 1.82) is 5.26 Å². The summed E-state index contributed by atoms with van der Waals surface area (Å²) in [5, 5.41) is 20.2. The van der Waals surface area contributed by atoms with E-state index in [1.165, 1.54) is 6.92 Å². The fraction of sp³-hybridized carbons (Fsp3) is 0.357. The van der Waals surface area contributed by atoms with Gasteiger partial charge in [-0.25, -0.2) is 0 Å². The van der Waals surface area contributed by atoms with Crippen molar-refractivity contribution in [2.45, 2.75) is 26.2 Å². The van der Waals surface area contributed by atoms with Crippen LogP contribution in [0.15, 0.2) is 24.3 Å². The summed E-state index contributed by atoms with van der Waals surface area (Å²) in [6.45, 7) is 4.92. The highest BCUT2D eigenvalue weighted by atomic mass is 16.4. The molecule has 0 aliphatic heterocycles. The normalized spacial score (nSPS) is 12.3. The van der Waals surface area contributed by atoms with Crippen LogP contribution in [0.5, 0.6) is 0 Å². The molecule has 5 heteroatoms. The third-order valence-electron chi connectivity index (χ3n) is 2.92. The summed E-state index contributed by atoms with van der Waals surface area (Å²) >= 11 is 0. The molecule has 0 fully saturated rings. The van der Waals surface area contributed by atoms with Crippen molar-refractivity contribution in [2.24, 2.45) is 5.92 Å².